The molecule has 136 valence electrons. The fourth-order valence-corrected chi connectivity index (χ4v) is 2.89. The summed E-state index contributed by atoms with van der Waals surface area (Å²) in [6.07, 6.45) is 1.77. The molecule has 1 aromatic heterocycles. The van der Waals surface area contributed by atoms with E-state index in [0.717, 1.165) is 23.2 Å². The first kappa shape index (κ1) is 17.9. The molecule has 1 heterocycles. The third-order valence-corrected chi connectivity index (χ3v) is 4.13. The van der Waals surface area contributed by atoms with Crippen LogP contribution in [0.15, 0.2) is 48.7 Å². The zero-order chi connectivity index (χ0) is 18.5. The van der Waals surface area contributed by atoms with Crippen molar-refractivity contribution in [2.75, 3.05) is 20.8 Å². The minimum Gasteiger partial charge on any atom is -0.494 e. The minimum absolute atomic E-state index is 0.340. The Morgan fingerprint density at radius 1 is 1.19 bits per heavy atom. The highest BCUT2D eigenvalue weighted by atomic mass is 16.5. The molecule has 0 aliphatic rings. The highest BCUT2D eigenvalue weighted by Gasteiger charge is 2.10. The van der Waals surface area contributed by atoms with Gasteiger partial charge < -0.3 is 9.47 Å². The number of methoxy groups -OCH3 is 1. The lowest BCUT2D eigenvalue weighted by molar-refractivity contribution is 0.0601. The molecule has 0 amide bonds. The van der Waals surface area contributed by atoms with E-state index in [9.17, 15) is 4.79 Å². The quantitative estimate of drug-likeness (QED) is 0.610. The molecule has 0 N–H and O–H groups in total. The highest BCUT2D eigenvalue weighted by Crippen LogP contribution is 2.18. The number of carbonyl (C=O) groups is 1. The predicted molar refractivity (Wildman–Crippen MR) is 100 cm³/mol. The number of nitrogens with zero attached hydrogens (tertiary/aromatic N) is 3. The summed E-state index contributed by atoms with van der Waals surface area (Å²) in [7, 11) is 3.43. The van der Waals surface area contributed by atoms with Gasteiger partial charge in [-0.05, 0) is 49.9 Å². The van der Waals surface area contributed by atoms with E-state index >= 15 is 0 Å². The Bertz CT molecular complexity index is 887. The van der Waals surface area contributed by atoms with Crippen molar-refractivity contribution in [3.8, 4) is 5.75 Å². The summed E-state index contributed by atoms with van der Waals surface area (Å²) in [6, 6.07) is 13.6. The van der Waals surface area contributed by atoms with Gasteiger partial charge in [0.25, 0.3) is 0 Å². The van der Waals surface area contributed by atoms with Crippen LogP contribution in [0.2, 0.25) is 0 Å². The van der Waals surface area contributed by atoms with Crippen LogP contribution in [0.4, 0.5) is 0 Å². The Balaban J connectivity index is 1.69. The predicted octanol–water partition coefficient (Wildman–Crippen LogP) is 3.31. The number of benzene rings is 2. The van der Waals surface area contributed by atoms with Crippen LogP contribution < -0.4 is 4.74 Å². The molecular formula is C20H23N3O3. The molecule has 0 spiro atoms. The Morgan fingerprint density at radius 3 is 2.65 bits per heavy atom. The second-order valence-electron chi connectivity index (χ2n) is 6.14. The van der Waals surface area contributed by atoms with Gasteiger partial charge in [-0.15, -0.1) is 0 Å². The summed E-state index contributed by atoms with van der Waals surface area (Å²) >= 11 is 0. The summed E-state index contributed by atoms with van der Waals surface area (Å²) in [5, 5.41) is 5.36. The topological polar surface area (TPSA) is 56.6 Å². The van der Waals surface area contributed by atoms with Gasteiger partial charge in [-0.3, -0.25) is 9.58 Å². The molecule has 0 aliphatic carbocycles. The van der Waals surface area contributed by atoms with Crippen molar-refractivity contribution in [2.45, 2.75) is 20.1 Å². The van der Waals surface area contributed by atoms with E-state index in [1.54, 1.807) is 18.3 Å². The lowest BCUT2D eigenvalue weighted by atomic mass is 10.1. The molecule has 0 aliphatic heterocycles. The summed E-state index contributed by atoms with van der Waals surface area (Å²) in [5.41, 5.74) is 2.72. The van der Waals surface area contributed by atoms with E-state index in [-0.39, 0.29) is 5.97 Å². The summed E-state index contributed by atoms with van der Waals surface area (Å²) in [6.45, 7) is 4.09. The standard InChI is InChI=1S/C20H23N3O3/c1-4-26-18-8-5-15(6-9-18)13-22(2)14-23-19-10-7-16(20(24)25-3)11-17(19)12-21-23/h5-12H,4,13-14H2,1-3H3. The molecule has 3 aromatic rings. The van der Waals surface area contributed by atoms with Crippen molar-refractivity contribution in [2.24, 2.45) is 0 Å². The van der Waals surface area contributed by atoms with E-state index in [4.69, 9.17) is 9.47 Å². The Morgan fingerprint density at radius 2 is 1.96 bits per heavy atom. The van der Waals surface area contributed by atoms with Crippen LogP contribution in [-0.4, -0.2) is 41.4 Å². The Kier molecular flexibility index (Phi) is 5.53. The maximum Gasteiger partial charge on any atom is 0.337 e. The third-order valence-electron chi connectivity index (χ3n) is 4.13. The van der Waals surface area contributed by atoms with Gasteiger partial charge in [0.2, 0.25) is 0 Å². The van der Waals surface area contributed by atoms with Gasteiger partial charge in [0.05, 0.1) is 37.7 Å². The lowest BCUT2D eigenvalue weighted by Crippen LogP contribution is -2.22. The summed E-state index contributed by atoms with van der Waals surface area (Å²) in [5.74, 6) is 0.547. The van der Waals surface area contributed by atoms with Crippen LogP contribution in [0.3, 0.4) is 0 Å². The maximum absolute atomic E-state index is 11.6. The molecule has 0 bridgehead atoms. The maximum atomic E-state index is 11.6. The van der Waals surface area contributed by atoms with E-state index in [0.29, 0.717) is 18.8 Å². The van der Waals surface area contributed by atoms with Gasteiger partial charge in [-0.1, -0.05) is 12.1 Å². The average molecular weight is 353 g/mol. The highest BCUT2D eigenvalue weighted by molar-refractivity contribution is 5.94. The number of rotatable bonds is 7. The number of esters is 1. The number of carbonyl (C=O) groups excluding carboxylic acids is 1. The van der Waals surface area contributed by atoms with Crippen LogP contribution in [-0.2, 0) is 18.0 Å². The molecule has 3 rings (SSSR count). The van der Waals surface area contributed by atoms with Gasteiger partial charge in [-0.25, -0.2) is 4.79 Å². The van der Waals surface area contributed by atoms with E-state index in [1.807, 2.05) is 36.9 Å². The normalized spacial score (nSPS) is 11.1. The van der Waals surface area contributed by atoms with E-state index in [2.05, 4.69) is 22.1 Å². The molecule has 0 fully saturated rings. The van der Waals surface area contributed by atoms with E-state index in [1.165, 1.54) is 12.7 Å². The average Bonchev–Trinajstić information content (AvgIpc) is 3.05. The van der Waals surface area contributed by atoms with Crippen molar-refractivity contribution in [3.63, 3.8) is 0 Å². The fourth-order valence-electron chi connectivity index (χ4n) is 2.89. The largest absolute Gasteiger partial charge is 0.494 e. The second kappa shape index (κ2) is 8.01. The molecular weight excluding hydrogens is 330 g/mol. The SMILES string of the molecule is CCOc1ccc(CN(C)Cn2ncc3cc(C(=O)OC)ccc32)cc1. The first-order valence-corrected chi connectivity index (χ1v) is 8.55. The lowest BCUT2D eigenvalue weighted by Gasteiger charge is -2.17. The molecule has 6 nitrogen and oxygen atoms in total. The number of ether oxygens (including phenoxy) is 2. The summed E-state index contributed by atoms with van der Waals surface area (Å²) < 4.78 is 12.2. The Labute approximate surface area is 152 Å². The van der Waals surface area contributed by atoms with Crippen molar-refractivity contribution >= 4 is 16.9 Å². The van der Waals surface area contributed by atoms with Crippen molar-refractivity contribution < 1.29 is 14.3 Å². The van der Waals surface area contributed by atoms with Crippen molar-refractivity contribution in [1.82, 2.24) is 14.7 Å². The summed E-state index contributed by atoms with van der Waals surface area (Å²) in [4.78, 5) is 13.8. The molecule has 0 atom stereocenters. The molecule has 0 saturated carbocycles. The van der Waals surface area contributed by atoms with Crippen LogP contribution in [0.5, 0.6) is 5.75 Å². The van der Waals surface area contributed by atoms with Gasteiger partial charge in [0.15, 0.2) is 0 Å². The molecule has 0 saturated heterocycles. The van der Waals surface area contributed by atoms with E-state index < -0.39 is 0 Å². The molecule has 0 unspecified atom stereocenters. The number of hydrogen-bond donors (Lipinski definition) is 0. The first-order valence-electron chi connectivity index (χ1n) is 8.55. The second-order valence-corrected chi connectivity index (χ2v) is 6.14. The van der Waals surface area contributed by atoms with Crippen molar-refractivity contribution in [3.05, 3.63) is 59.8 Å². The van der Waals surface area contributed by atoms with Gasteiger partial charge in [-0.2, -0.15) is 5.10 Å². The van der Waals surface area contributed by atoms with Gasteiger partial charge >= 0.3 is 5.97 Å². The molecule has 2 aromatic carbocycles. The number of hydrogen-bond acceptors (Lipinski definition) is 5. The van der Waals surface area contributed by atoms with Gasteiger partial charge in [0, 0.05) is 11.9 Å². The molecule has 0 radical (unpaired) electrons. The zero-order valence-electron chi connectivity index (χ0n) is 15.3. The first-order chi connectivity index (χ1) is 12.6. The van der Waals surface area contributed by atoms with Crippen LogP contribution >= 0.6 is 0 Å². The van der Waals surface area contributed by atoms with Crippen molar-refractivity contribution in [1.29, 1.82) is 0 Å². The third kappa shape index (κ3) is 4.03. The fraction of sp³-hybridized carbons (Fsp3) is 0.300. The number of fused-ring (bicyclic) bond motifs is 1. The number of aromatic nitrogens is 2. The zero-order valence-corrected chi connectivity index (χ0v) is 15.3. The molecule has 6 heteroatoms. The smallest absolute Gasteiger partial charge is 0.337 e. The van der Waals surface area contributed by atoms with Gasteiger partial charge in [0.1, 0.15) is 5.75 Å². The van der Waals surface area contributed by atoms with Crippen LogP contribution in [0.1, 0.15) is 22.8 Å². The monoisotopic (exact) mass is 353 g/mol. The van der Waals surface area contributed by atoms with Crippen LogP contribution in [0.25, 0.3) is 10.9 Å². The Hall–Kier alpha value is -2.86. The molecule has 26 heavy (non-hydrogen) atoms. The van der Waals surface area contributed by atoms with Crippen LogP contribution in [0, 0.1) is 0 Å². The minimum atomic E-state index is -0.340.